The van der Waals surface area contributed by atoms with E-state index >= 15 is 0 Å². The van der Waals surface area contributed by atoms with Gasteiger partial charge >= 0.3 is 0 Å². The Morgan fingerprint density at radius 1 is 1.36 bits per heavy atom. The average molecular weight is 371 g/mol. The molecular weight excluding hydrogens is 340 g/mol. The molecule has 0 aliphatic carbocycles. The molecule has 1 aliphatic rings. The van der Waals surface area contributed by atoms with Crippen LogP contribution in [0.5, 0.6) is 11.5 Å². The molecule has 0 amide bonds. The summed E-state index contributed by atoms with van der Waals surface area (Å²) in [6, 6.07) is 5.87. The number of para-hydroxylation sites is 1. The van der Waals surface area contributed by atoms with Gasteiger partial charge in [-0.3, -0.25) is 4.90 Å². The van der Waals surface area contributed by atoms with Gasteiger partial charge in [-0.1, -0.05) is 12.1 Å². The second kappa shape index (κ2) is 11.6. The highest BCUT2D eigenvalue weighted by Crippen LogP contribution is 2.31. The Morgan fingerprint density at radius 3 is 2.88 bits per heavy atom. The number of methoxy groups -OCH3 is 1. The van der Waals surface area contributed by atoms with Crippen molar-refractivity contribution in [1.29, 1.82) is 0 Å². The van der Waals surface area contributed by atoms with Crippen molar-refractivity contribution in [3.63, 3.8) is 0 Å². The van der Waals surface area contributed by atoms with Gasteiger partial charge in [-0.25, -0.2) is 0 Å². The number of hydrogen-bond acceptors (Lipinski definition) is 7. The minimum atomic E-state index is -0.541. The minimum absolute atomic E-state index is 0.246. The highest BCUT2D eigenvalue weighted by Gasteiger charge is 2.17. The maximum atomic E-state index is 10.3. The van der Waals surface area contributed by atoms with E-state index in [2.05, 4.69) is 16.5 Å². The van der Waals surface area contributed by atoms with Gasteiger partial charge in [0.15, 0.2) is 11.5 Å². The minimum Gasteiger partial charge on any atom is -0.493 e. The molecule has 1 fully saturated rings. The zero-order valence-electron chi connectivity index (χ0n) is 15.2. The van der Waals surface area contributed by atoms with E-state index in [0.29, 0.717) is 24.6 Å². The Kier molecular flexibility index (Phi) is 9.42. The molecule has 6 nitrogen and oxygen atoms in total. The van der Waals surface area contributed by atoms with Gasteiger partial charge in [0.1, 0.15) is 12.7 Å². The molecule has 1 aromatic carbocycles. The number of rotatable bonds is 11. The monoisotopic (exact) mass is 370 g/mol. The third kappa shape index (κ3) is 7.03. The van der Waals surface area contributed by atoms with E-state index < -0.39 is 6.10 Å². The van der Waals surface area contributed by atoms with Crippen LogP contribution in [0.4, 0.5) is 0 Å². The molecule has 0 saturated carbocycles. The van der Waals surface area contributed by atoms with Crippen molar-refractivity contribution in [2.24, 2.45) is 0 Å². The summed E-state index contributed by atoms with van der Waals surface area (Å²) in [5.74, 6) is 2.48. The molecule has 0 spiro atoms. The van der Waals surface area contributed by atoms with Crippen molar-refractivity contribution in [2.45, 2.75) is 12.6 Å². The molecule has 2 rings (SSSR count). The molecule has 1 aromatic rings. The second-order valence-corrected chi connectivity index (χ2v) is 6.98. The lowest BCUT2D eigenvalue weighted by atomic mass is 10.2. The van der Waals surface area contributed by atoms with Crippen molar-refractivity contribution in [2.75, 3.05) is 65.1 Å². The smallest absolute Gasteiger partial charge is 0.165 e. The first-order chi connectivity index (χ1) is 12.2. The van der Waals surface area contributed by atoms with E-state index in [-0.39, 0.29) is 6.61 Å². The predicted molar refractivity (Wildman–Crippen MR) is 102 cm³/mol. The van der Waals surface area contributed by atoms with Gasteiger partial charge in [0, 0.05) is 44.0 Å². The Bertz CT molecular complexity index is 498. The first kappa shape index (κ1) is 20.3. The Balaban J connectivity index is 1.89. The lowest BCUT2D eigenvalue weighted by Crippen LogP contribution is -2.42. The first-order valence-electron chi connectivity index (χ1n) is 8.71. The average Bonchev–Trinajstić information content (AvgIpc) is 2.64. The second-order valence-electron chi connectivity index (χ2n) is 6.00. The van der Waals surface area contributed by atoms with Gasteiger partial charge in [0.2, 0.25) is 0 Å². The normalized spacial score (nSPS) is 16.6. The van der Waals surface area contributed by atoms with Crippen LogP contribution in [-0.4, -0.2) is 81.2 Å². The molecule has 0 aromatic heterocycles. The van der Waals surface area contributed by atoms with Crippen LogP contribution in [0.1, 0.15) is 5.56 Å². The molecule has 0 bridgehead atoms. The summed E-state index contributed by atoms with van der Waals surface area (Å²) in [5, 5.41) is 13.7. The fourth-order valence-electron chi connectivity index (χ4n) is 2.74. The lowest BCUT2D eigenvalue weighted by molar-refractivity contribution is 0.00436. The van der Waals surface area contributed by atoms with E-state index in [9.17, 15) is 5.11 Å². The van der Waals surface area contributed by atoms with E-state index in [1.54, 1.807) is 7.11 Å². The van der Waals surface area contributed by atoms with Crippen molar-refractivity contribution < 1.29 is 19.3 Å². The molecule has 1 atom stereocenters. The molecule has 1 aliphatic heterocycles. The van der Waals surface area contributed by atoms with Gasteiger partial charge < -0.3 is 24.6 Å². The summed E-state index contributed by atoms with van der Waals surface area (Å²) >= 11 is 1.81. The number of hydrogen-bond donors (Lipinski definition) is 2. The van der Waals surface area contributed by atoms with Crippen LogP contribution in [-0.2, 0) is 11.3 Å². The molecule has 7 heteroatoms. The summed E-state index contributed by atoms with van der Waals surface area (Å²) in [5.41, 5.74) is 1.04. The lowest BCUT2D eigenvalue weighted by Gasteiger charge is -2.28. The number of aliphatic hydroxyl groups is 1. The van der Waals surface area contributed by atoms with E-state index in [0.717, 1.165) is 44.2 Å². The standard InChI is InChI=1S/C18H30N2O4S/c1-22-17-5-3-4-15(12-19-6-11-25-2)18(17)24-14-16(21)13-20-7-9-23-10-8-20/h3-5,16,19,21H,6-14H2,1-2H3/t16-/m1/s1. The van der Waals surface area contributed by atoms with Gasteiger partial charge in [-0.2, -0.15) is 11.8 Å². The first-order valence-corrected chi connectivity index (χ1v) is 10.1. The van der Waals surface area contributed by atoms with Crippen LogP contribution in [0.2, 0.25) is 0 Å². The van der Waals surface area contributed by atoms with Crippen molar-refractivity contribution in [1.82, 2.24) is 10.2 Å². The van der Waals surface area contributed by atoms with Crippen LogP contribution in [0.15, 0.2) is 18.2 Å². The molecule has 0 unspecified atom stereocenters. The number of nitrogens with zero attached hydrogens (tertiary/aromatic N) is 1. The van der Waals surface area contributed by atoms with Crippen LogP contribution in [0, 0.1) is 0 Å². The molecule has 0 radical (unpaired) electrons. The van der Waals surface area contributed by atoms with Crippen molar-refractivity contribution in [3.8, 4) is 11.5 Å². The van der Waals surface area contributed by atoms with Gasteiger partial charge in [0.25, 0.3) is 0 Å². The highest BCUT2D eigenvalue weighted by atomic mass is 32.2. The fraction of sp³-hybridized carbons (Fsp3) is 0.667. The number of β-amino-alcohol motifs (C(OH)–C–C–N with tert-alkyl or cyclic N) is 1. The van der Waals surface area contributed by atoms with Gasteiger partial charge in [-0.05, 0) is 12.3 Å². The number of thioether (sulfide) groups is 1. The summed E-state index contributed by atoms with van der Waals surface area (Å²) in [4.78, 5) is 2.20. The summed E-state index contributed by atoms with van der Waals surface area (Å²) in [7, 11) is 1.64. The highest BCUT2D eigenvalue weighted by molar-refractivity contribution is 7.98. The molecular formula is C18H30N2O4S. The number of aliphatic hydroxyl groups excluding tert-OH is 1. The van der Waals surface area contributed by atoms with Crippen molar-refractivity contribution in [3.05, 3.63) is 23.8 Å². The third-order valence-electron chi connectivity index (χ3n) is 4.07. The van der Waals surface area contributed by atoms with E-state index in [4.69, 9.17) is 14.2 Å². The zero-order chi connectivity index (χ0) is 17.9. The fourth-order valence-corrected chi connectivity index (χ4v) is 3.08. The molecule has 142 valence electrons. The predicted octanol–water partition coefficient (Wildman–Crippen LogP) is 1.22. The maximum absolute atomic E-state index is 10.3. The molecule has 25 heavy (non-hydrogen) atoms. The number of benzene rings is 1. The van der Waals surface area contributed by atoms with Crippen LogP contribution >= 0.6 is 11.8 Å². The molecule has 1 heterocycles. The van der Waals surface area contributed by atoms with Gasteiger partial charge in [-0.15, -0.1) is 0 Å². The van der Waals surface area contributed by atoms with E-state index in [1.165, 1.54) is 0 Å². The number of ether oxygens (including phenoxy) is 3. The summed E-state index contributed by atoms with van der Waals surface area (Å²) in [6.45, 7) is 5.67. The Labute approximate surface area is 154 Å². The molecule has 2 N–H and O–H groups in total. The largest absolute Gasteiger partial charge is 0.493 e. The number of nitrogens with one attached hydrogen (secondary N) is 1. The van der Waals surface area contributed by atoms with Crippen molar-refractivity contribution >= 4 is 11.8 Å². The van der Waals surface area contributed by atoms with Crippen LogP contribution in [0.3, 0.4) is 0 Å². The van der Waals surface area contributed by atoms with E-state index in [1.807, 2.05) is 30.0 Å². The quantitative estimate of drug-likeness (QED) is 0.568. The Morgan fingerprint density at radius 2 is 2.16 bits per heavy atom. The maximum Gasteiger partial charge on any atom is 0.165 e. The Hall–Kier alpha value is -0.990. The number of morpholine rings is 1. The SMILES string of the molecule is COc1cccc(CNCCSC)c1OC[C@H](O)CN1CCOCC1. The summed E-state index contributed by atoms with van der Waals surface area (Å²) < 4.78 is 16.7. The van der Waals surface area contributed by atoms with Crippen LogP contribution in [0.25, 0.3) is 0 Å². The summed E-state index contributed by atoms with van der Waals surface area (Å²) in [6.07, 6.45) is 1.55. The zero-order valence-corrected chi connectivity index (χ0v) is 16.0. The topological polar surface area (TPSA) is 63.2 Å². The van der Waals surface area contributed by atoms with Crippen LogP contribution < -0.4 is 14.8 Å². The molecule has 1 saturated heterocycles. The third-order valence-corrected chi connectivity index (χ3v) is 4.68. The van der Waals surface area contributed by atoms with Gasteiger partial charge in [0.05, 0.1) is 20.3 Å².